The number of nitrogens with zero attached hydrogens (tertiary/aromatic N) is 3. The number of amides is 1. The molecular weight excluding hydrogens is 518 g/mol. The van der Waals surface area contributed by atoms with Crippen molar-refractivity contribution in [2.75, 3.05) is 16.4 Å². The summed E-state index contributed by atoms with van der Waals surface area (Å²) in [5, 5.41) is 12.0. The van der Waals surface area contributed by atoms with Crippen molar-refractivity contribution in [3.8, 4) is 5.75 Å². The molecule has 1 unspecified atom stereocenters. The van der Waals surface area contributed by atoms with Crippen LogP contribution in [-0.4, -0.2) is 26.4 Å². The number of allylic oxidation sites excluding steroid dienone is 1. The molecule has 0 aliphatic carbocycles. The fourth-order valence-corrected chi connectivity index (χ4v) is 5.48. The Kier molecular flexibility index (Phi) is 8.26. The summed E-state index contributed by atoms with van der Waals surface area (Å²) in [5.74, 6) is 2.03. The highest BCUT2D eigenvalue weighted by Crippen LogP contribution is 2.40. The van der Waals surface area contributed by atoms with Gasteiger partial charge in [0.05, 0.1) is 5.57 Å². The normalized spacial score (nSPS) is 14.5. The van der Waals surface area contributed by atoms with Crippen LogP contribution in [0.15, 0.2) is 83.2 Å². The van der Waals surface area contributed by atoms with Gasteiger partial charge in [-0.15, -0.1) is 5.10 Å². The number of hydrogen-bond acceptors (Lipinski definition) is 6. The minimum Gasteiger partial charge on any atom is -0.489 e. The summed E-state index contributed by atoms with van der Waals surface area (Å²) < 4.78 is 8.19. The highest BCUT2D eigenvalue weighted by molar-refractivity contribution is 7.99. The maximum absolute atomic E-state index is 14.0. The number of carbonyl (C=O) groups excluding carboxylic acids is 1. The number of para-hydroxylation sites is 1. The Labute approximate surface area is 240 Å². The molecule has 1 aromatic heterocycles. The standard InChI is InChI=1S/C32H35N5O2S/c1-6-17-40-32-35-31-33-23(5)28(30(38)34-26-16-13-21(3)18-22(26)4)29(37(31)36-32)25-9-7-8-10-27(25)39-19-24-14-11-20(2)12-15-24/h7-16,18,29H,6,17,19H2,1-5H3,(H,34,38)(H,33,35,36). The van der Waals surface area contributed by atoms with E-state index in [1.807, 2.05) is 61.9 Å². The molecule has 1 aliphatic heterocycles. The van der Waals surface area contributed by atoms with E-state index in [0.717, 1.165) is 45.8 Å². The van der Waals surface area contributed by atoms with Crippen LogP contribution in [0.3, 0.4) is 0 Å². The van der Waals surface area contributed by atoms with Gasteiger partial charge in [-0.2, -0.15) is 4.98 Å². The van der Waals surface area contributed by atoms with Crippen LogP contribution >= 0.6 is 11.8 Å². The number of fused-ring (bicyclic) bond motifs is 1. The summed E-state index contributed by atoms with van der Waals surface area (Å²) in [6.07, 6.45) is 1.02. The van der Waals surface area contributed by atoms with Gasteiger partial charge in [0.1, 0.15) is 18.4 Å². The van der Waals surface area contributed by atoms with Crippen LogP contribution in [0.4, 0.5) is 11.6 Å². The Balaban J connectivity index is 1.55. The lowest BCUT2D eigenvalue weighted by molar-refractivity contribution is -0.113. The van der Waals surface area contributed by atoms with Crippen molar-refractivity contribution in [3.63, 3.8) is 0 Å². The number of ether oxygens (including phenoxy) is 1. The van der Waals surface area contributed by atoms with E-state index in [1.54, 1.807) is 11.8 Å². The molecule has 206 valence electrons. The van der Waals surface area contributed by atoms with E-state index >= 15 is 0 Å². The molecule has 4 aromatic rings. The Morgan fingerprint density at radius 2 is 1.77 bits per heavy atom. The molecule has 5 rings (SSSR count). The average Bonchev–Trinajstić information content (AvgIpc) is 3.34. The third-order valence-electron chi connectivity index (χ3n) is 6.87. The van der Waals surface area contributed by atoms with Crippen LogP contribution in [0.25, 0.3) is 0 Å². The Bertz CT molecular complexity index is 1560. The molecule has 1 aliphatic rings. The number of nitrogens with one attached hydrogen (secondary N) is 2. The molecule has 0 saturated heterocycles. The van der Waals surface area contributed by atoms with Crippen molar-refractivity contribution >= 4 is 29.3 Å². The number of carbonyl (C=O) groups is 1. The van der Waals surface area contributed by atoms with Gasteiger partial charge in [-0.1, -0.05) is 84.4 Å². The van der Waals surface area contributed by atoms with Crippen molar-refractivity contribution in [2.24, 2.45) is 0 Å². The zero-order chi connectivity index (χ0) is 28.2. The summed E-state index contributed by atoms with van der Waals surface area (Å²) in [6.45, 7) is 10.6. The van der Waals surface area contributed by atoms with E-state index < -0.39 is 6.04 Å². The lowest BCUT2D eigenvalue weighted by Crippen LogP contribution is -2.32. The van der Waals surface area contributed by atoms with Gasteiger partial charge in [0.15, 0.2) is 0 Å². The Hall–Kier alpha value is -4.04. The quantitative estimate of drug-likeness (QED) is 0.213. The van der Waals surface area contributed by atoms with Gasteiger partial charge in [-0.05, 0) is 57.4 Å². The second kappa shape index (κ2) is 12.0. The first-order valence-electron chi connectivity index (χ1n) is 13.6. The number of hydrogen-bond donors (Lipinski definition) is 2. The zero-order valence-electron chi connectivity index (χ0n) is 23.6. The molecule has 2 N–H and O–H groups in total. The second-order valence-electron chi connectivity index (χ2n) is 10.2. The number of anilines is 2. The second-order valence-corrected chi connectivity index (χ2v) is 11.2. The Morgan fingerprint density at radius 3 is 2.52 bits per heavy atom. The molecule has 0 bridgehead atoms. The lowest BCUT2D eigenvalue weighted by atomic mass is 9.94. The molecule has 0 radical (unpaired) electrons. The minimum absolute atomic E-state index is 0.195. The molecule has 1 atom stereocenters. The molecule has 0 saturated carbocycles. The van der Waals surface area contributed by atoms with Crippen LogP contribution in [0.1, 0.15) is 54.1 Å². The molecule has 3 aromatic carbocycles. The van der Waals surface area contributed by atoms with Crippen molar-refractivity contribution in [2.45, 2.75) is 58.8 Å². The van der Waals surface area contributed by atoms with E-state index in [0.29, 0.717) is 29.0 Å². The molecule has 7 nitrogen and oxygen atoms in total. The smallest absolute Gasteiger partial charge is 0.255 e. The summed E-state index contributed by atoms with van der Waals surface area (Å²) in [4.78, 5) is 18.7. The van der Waals surface area contributed by atoms with Crippen LogP contribution in [0.5, 0.6) is 5.75 Å². The van der Waals surface area contributed by atoms with Crippen molar-refractivity contribution < 1.29 is 9.53 Å². The molecule has 2 heterocycles. The highest BCUT2D eigenvalue weighted by atomic mass is 32.2. The van der Waals surface area contributed by atoms with Gasteiger partial charge in [-0.3, -0.25) is 4.79 Å². The van der Waals surface area contributed by atoms with Crippen molar-refractivity contribution in [1.29, 1.82) is 0 Å². The number of benzene rings is 3. The maximum Gasteiger partial charge on any atom is 0.255 e. The summed E-state index contributed by atoms with van der Waals surface area (Å²) in [7, 11) is 0. The van der Waals surface area contributed by atoms with E-state index in [4.69, 9.17) is 14.8 Å². The maximum atomic E-state index is 14.0. The zero-order valence-corrected chi connectivity index (χ0v) is 24.4. The first-order valence-corrected chi connectivity index (χ1v) is 14.6. The van der Waals surface area contributed by atoms with Gasteiger partial charge >= 0.3 is 0 Å². The van der Waals surface area contributed by atoms with Gasteiger partial charge in [0.25, 0.3) is 5.91 Å². The molecule has 0 spiro atoms. The van der Waals surface area contributed by atoms with Crippen LogP contribution < -0.4 is 15.4 Å². The topological polar surface area (TPSA) is 81.1 Å². The molecule has 0 fully saturated rings. The number of aromatic nitrogens is 3. The molecular formula is C32H35N5O2S. The van der Waals surface area contributed by atoms with Crippen molar-refractivity contribution in [3.05, 3.63) is 106 Å². The summed E-state index contributed by atoms with van der Waals surface area (Å²) in [6, 6.07) is 21.7. The third-order valence-corrected chi connectivity index (χ3v) is 7.92. The highest BCUT2D eigenvalue weighted by Gasteiger charge is 2.36. The van der Waals surface area contributed by atoms with E-state index in [2.05, 4.69) is 54.8 Å². The number of thioether (sulfide) groups is 1. The number of aryl methyl sites for hydroxylation is 3. The predicted molar refractivity (Wildman–Crippen MR) is 162 cm³/mol. The van der Waals surface area contributed by atoms with Crippen LogP contribution in [0, 0.1) is 20.8 Å². The van der Waals surface area contributed by atoms with Gasteiger partial charge in [-0.25, -0.2) is 4.68 Å². The fraction of sp³-hybridized carbons (Fsp3) is 0.281. The Morgan fingerprint density at radius 1 is 1.02 bits per heavy atom. The van der Waals surface area contributed by atoms with Crippen LogP contribution in [0.2, 0.25) is 0 Å². The molecule has 8 heteroatoms. The predicted octanol–water partition coefficient (Wildman–Crippen LogP) is 7.21. The molecule has 1 amide bonds. The minimum atomic E-state index is -0.528. The summed E-state index contributed by atoms with van der Waals surface area (Å²) >= 11 is 1.61. The first-order chi connectivity index (χ1) is 19.3. The van der Waals surface area contributed by atoms with Crippen molar-refractivity contribution in [1.82, 2.24) is 14.8 Å². The van der Waals surface area contributed by atoms with Gasteiger partial charge in [0, 0.05) is 22.7 Å². The lowest BCUT2D eigenvalue weighted by Gasteiger charge is -2.30. The van der Waals surface area contributed by atoms with Gasteiger partial charge in [0.2, 0.25) is 11.1 Å². The van der Waals surface area contributed by atoms with Gasteiger partial charge < -0.3 is 15.4 Å². The van der Waals surface area contributed by atoms with E-state index in [-0.39, 0.29) is 5.91 Å². The third kappa shape index (κ3) is 5.92. The van der Waals surface area contributed by atoms with E-state index in [1.165, 1.54) is 5.56 Å². The molecule has 40 heavy (non-hydrogen) atoms. The SMILES string of the molecule is CCCSc1nc2n(n1)C(c1ccccc1OCc1ccc(C)cc1)C(C(=O)Nc1ccc(C)cc1C)=C(C)N2. The van der Waals surface area contributed by atoms with Crippen LogP contribution in [-0.2, 0) is 11.4 Å². The monoisotopic (exact) mass is 553 g/mol. The first kappa shape index (κ1) is 27.5. The fourth-order valence-electron chi connectivity index (χ4n) is 4.79. The average molecular weight is 554 g/mol. The van der Waals surface area contributed by atoms with E-state index in [9.17, 15) is 4.79 Å². The summed E-state index contributed by atoms with van der Waals surface area (Å²) in [5.41, 5.74) is 7.35. The number of rotatable bonds is 9. The largest absolute Gasteiger partial charge is 0.489 e.